The lowest BCUT2D eigenvalue weighted by atomic mass is 10.1. The summed E-state index contributed by atoms with van der Waals surface area (Å²) in [7, 11) is 0. The highest BCUT2D eigenvalue weighted by Crippen LogP contribution is 2.36. The molecule has 0 aliphatic rings. The van der Waals surface area contributed by atoms with E-state index in [1.165, 1.54) is 34.2 Å². The third kappa shape index (κ3) is 3.81. The molecule has 1 N–H and O–H groups in total. The van der Waals surface area contributed by atoms with E-state index in [9.17, 15) is 27.5 Å². The fraction of sp³-hybridized carbons (Fsp3) is 0.182. The maximum atomic E-state index is 14.5. The number of aromatic carboxylic acids is 1. The van der Waals surface area contributed by atoms with Gasteiger partial charge < -0.3 is 5.11 Å². The number of carboxylic acids is 1. The molecule has 2 aromatic heterocycles. The molecular formula is C22H16F4N2O2S. The third-order valence-electron chi connectivity index (χ3n) is 5.03. The summed E-state index contributed by atoms with van der Waals surface area (Å²) in [5.41, 5.74) is 1.07. The largest absolute Gasteiger partial charge is 0.478 e. The van der Waals surface area contributed by atoms with Crippen molar-refractivity contribution in [1.29, 1.82) is 0 Å². The van der Waals surface area contributed by atoms with E-state index in [4.69, 9.17) is 0 Å². The lowest BCUT2D eigenvalue weighted by Gasteiger charge is -2.08. The van der Waals surface area contributed by atoms with Crippen LogP contribution in [-0.2, 0) is 12.6 Å². The van der Waals surface area contributed by atoms with E-state index >= 15 is 0 Å². The van der Waals surface area contributed by atoms with E-state index < -0.39 is 23.5 Å². The summed E-state index contributed by atoms with van der Waals surface area (Å²) in [5, 5.41) is 14.0. The van der Waals surface area contributed by atoms with Crippen molar-refractivity contribution in [2.45, 2.75) is 26.4 Å². The van der Waals surface area contributed by atoms with E-state index in [1.807, 2.05) is 0 Å². The normalized spacial score (nSPS) is 11.9. The van der Waals surface area contributed by atoms with Crippen LogP contribution < -0.4 is 0 Å². The molecule has 9 heteroatoms. The SMILES string of the molecule is Cc1nn(-c2ccc(F)c3cc(Cc4cccc(C(F)(F)F)c4)sc23)c(C)c1C(=O)O. The Hall–Kier alpha value is -3.20. The zero-order valence-corrected chi connectivity index (χ0v) is 17.2. The lowest BCUT2D eigenvalue weighted by Crippen LogP contribution is -2.05. The Bertz CT molecular complexity index is 1320. The predicted octanol–water partition coefficient (Wildman–Crippen LogP) is 6.15. The molecule has 0 aliphatic carbocycles. The Kier molecular flexibility index (Phi) is 5.09. The fourth-order valence-corrected chi connectivity index (χ4v) is 4.83. The van der Waals surface area contributed by atoms with E-state index in [0.717, 1.165) is 12.1 Å². The first-order chi connectivity index (χ1) is 14.6. The van der Waals surface area contributed by atoms with Gasteiger partial charge in [0.05, 0.1) is 27.3 Å². The minimum absolute atomic E-state index is 0.0817. The number of carbonyl (C=O) groups is 1. The molecule has 0 bridgehead atoms. The highest BCUT2D eigenvalue weighted by Gasteiger charge is 2.30. The van der Waals surface area contributed by atoms with Gasteiger partial charge in [0.25, 0.3) is 0 Å². The quantitative estimate of drug-likeness (QED) is 0.381. The van der Waals surface area contributed by atoms with Gasteiger partial charge in [-0.1, -0.05) is 18.2 Å². The van der Waals surface area contributed by atoms with Crippen molar-refractivity contribution in [2.75, 3.05) is 0 Å². The van der Waals surface area contributed by atoms with Crippen LogP contribution in [0.1, 0.15) is 37.7 Å². The highest BCUT2D eigenvalue weighted by atomic mass is 32.1. The number of hydrogen-bond donors (Lipinski definition) is 1. The van der Waals surface area contributed by atoms with Gasteiger partial charge in [0.15, 0.2) is 0 Å². The van der Waals surface area contributed by atoms with Crippen molar-refractivity contribution >= 4 is 27.4 Å². The molecule has 0 atom stereocenters. The fourth-order valence-electron chi connectivity index (χ4n) is 3.63. The van der Waals surface area contributed by atoms with Crippen molar-refractivity contribution in [3.05, 3.63) is 81.2 Å². The second kappa shape index (κ2) is 7.49. The Morgan fingerprint density at radius 2 is 1.90 bits per heavy atom. The van der Waals surface area contributed by atoms with Crippen molar-refractivity contribution < 1.29 is 27.5 Å². The minimum atomic E-state index is -4.44. The number of rotatable bonds is 4. The van der Waals surface area contributed by atoms with Crippen LogP contribution in [0.3, 0.4) is 0 Å². The second-order valence-electron chi connectivity index (χ2n) is 7.16. The molecule has 160 valence electrons. The first-order valence-corrected chi connectivity index (χ1v) is 10.0. The van der Waals surface area contributed by atoms with Gasteiger partial charge in [0.1, 0.15) is 11.4 Å². The van der Waals surface area contributed by atoms with Crippen LogP contribution >= 0.6 is 11.3 Å². The van der Waals surface area contributed by atoms with Gasteiger partial charge in [-0.05, 0) is 43.7 Å². The zero-order chi connectivity index (χ0) is 22.5. The van der Waals surface area contributed by atoms with E-state index in [2.05, 4.69) is 5.10 Å². The van der Waals surface area contributed by atoms with Crippen molar-refractivity contribution in [3.63, 3.8) is 0 Å². The molecule has 4 nitrogen and oxygen atoms in total. The Morgan fingerprint density at radius 1 is 1.16 bits per heavy atom. The van der Waals surface area contributed by atoms with E-state index in [1.54, 1.807) is 26.0 Å². The number of nitrogens with zero attached hydrogens (tertiary/aromatic N) is 2. The molecule has 0 saturated carbocycles. The first-order valence-electron chi connectivity index (χ1n) is 9.23. The zero-order valence-electron chi connectivity index (χ0n) is 16.4. The van der Waals surface area contributed by atoms with E-state index in [-0.39, 0.29) is 12.0 Å². The predicted molar refractivity (Wildman–Crippen MR) is 110 cm³/mol. The van der Waals surface area contributed by atoms with Crippen molar-refractivity contribution in [2.24, 2.45) is 0 Å². The highest BCUT2D eigenvalue weighted by molar-refractivity contribution is 7.19. The molecular weight excluding hydrogens is 432 g/mol. The van der Waals surface area contributed by atoms with Gasteiger partial charge in [0, 0.05) is 16.7 Å². The van der Waals surface area contributed by atoms with Gasteiger partial charge in [-0.25, -0.2) is 13.9 Å². The number of carboxylic acid groups (broad SMARTS) is 1. The minimum Gasteiger partial charge on any atom is -0.478 e. The maximum Gasteiger partial charge on any atom is 0.416 e. The summed E-state index contributed by atoms with van der Waals surface area (Å²) in [6.07, 6.45) is -4.23. The topological polar surface area (TPSA) is 55.1 Å². The number of halogens is 4. The Labute approximate surface area is 178 Å². The van der Waals surface area contributed by atoms with Crippen LogP contribution in [-0.4, -0.2) is 20.9 Å². The molecule has 2 aromatic carbocycles. The van der Waals surface area contributed by atoms with E-state index in [0.29, 0.717) is 37.6 Å². The lowest BCUT2D eigenvalue weighted by molar-refractivity contribution is -0.137. The molecule has 0 saturated heterocycles. The molecule has 0 unspecified atom stereocenters. The molecule has 0 amide bonds. The second-order valence-corrected chi connectivity index (χ2v) is 8.30. The summed E-state index contributed by atoms with van der Waals surface area (Å²) in [4.78, 5) is 12.2. The molecule has 0 radical (unpaired) electrons. The number of aromatic nitrogens is 2. The monoisotopic (exact) mass is 448 g/mol. The van der Waals surface area contributed by atoms with Crippen molar-refractivity contribution in [3.8, 4) is 5.69 Å². The number of hydrogen-bond acceptors (Lipinski definition) is 3. The number of alkyl halides is 3. The van der Waals surface area contributed by atoms with Crippen LogP contribution in [0.25, 0.3) is 15.8 Å². The molecule has 0 aliphatic heterocycles. The Morgan fingerprint density at radius 3 is 2.55 bits per heavy atom. The van der Waals surface area contributed by atoms with Gasteiger partial charge in [-0.2, -0.15) is 18.3 Å². The van der Waals surface area contributed by atoms with Gasteiger partial charge in [-0.15, -0.1) is 11.3 Å². The number of aryl methyl sites for hydroxylation is 1. The average Bonchev–Trinajstić information content (AvgIpc) is 3.23. The Balaban J connectivity index is 1.80. The summed E-state index contributed by atoms with van der Waals surface area (Å²) in [6, 6.07) is 9.44. The standard InChI is InChI=1S/C22H16F4N2O2S/c1-11-19(21(29)30)12(2)28(27-11)18-7-6-17(23)16-10-15(31-20(16)18)9-13-4-3-5-14(8-13)22(24,25)26/h3-8,10H,9H2,1-2H3,(H,29,30). The number of benzene rings is 2. The third-order valence-corrected chi connectivity index (χ3v) is 6.18. The first kappa shape index (κ1) is 21.0. The summed E-state index contributed by atoms with van der Waals surface area (Å²) in [5.74, 6) is -1.57. The smallest absolute Gasteiger partial charge is 0.416 e. The van der Waals surface area contributed by atoms with Gasteiger partial charge >= 0.3 is 12.1 Å². The summed E-state index contributed by atoms with van der Waals surface area (Å²) in [6.45, 7) is 3.21. The van der Waals surface area contributed by atoms with Gasteiger partial charge in [-0.3, -0.25) is 0 Å². The average molecular weight is 448 g/mol. The molecule has 4 aromatic rings. The molecule has 4 rings (SSSR count). The van der Waals surface area contributed by atoms with Crippen LogP contribution in [0.5, 0.6) is 0 Å². The molecule has 0 spiro atoms. The number of thiophene rings is 1. The van der Waals surface area contributed by atoms with Crippen LogP contribution in [0, 0.1) is 19.7 Å². The molecule has 0 fully saturated rings. The summed E-state index contributed by atoms with van der Waals surface area (Å²) >= 11 is 1.24. The van der Waals surface area contributed by atoms with Crippen molar-refractivity contribution in [1.82, 2.24) is 9.78 Å². The maximum absolute atomic E-state index is 14.5. The van der Waals surface area contributed by atoms with Gasteiger partial charge in [0.2, 0.25) is 0 Å². The van der Waals surface area contributed by atoms with Crippen LogP contribution in [0.2, 0.25) is 0 Å². The molecule has 31 heavy (non-hydrogen) atoms. The number of fused-ring (bicyclic) bond motifs is 1. The summed E-state index contributed by atoms with van der Waals surface area (Å²) < 4.78 is 55.5. The van der Waals surface area contributed by atoms with Crippen LogP contribution in [0.15, 0.2) is 42.5 Å². The molecule has 2 heterocycles. The van der Waals surface area contributed by atoms with Crippen LogP contribution in [0.4, 0.5) is 17.6 Å².